The highest BCUT2D eigenvalue weighted by Crippen LogP contribution is 2.22. The van der Waals surface area contributed by atoms with Crippen LogP contribution in [-0.4, -0.2) is 11.3 Å². The largest absolute Gasteiger partial charge is 0.439 e. The van der Waals surface area contributed by atoms with Crippen molar-refractivity contribution in [2.75, 3.05) is 0 Å². The second kappa shape index (κ2) is 4.57. The lowest BCUT2D eigenvalue weighted by atomic mass is 10.2. The second-order valence-corrected chi connectivity index (χ2v) is 3.39. The van der Waals surface area contributed by atoms with Crippen LogP contribution >= 0.6 is 0 Å². The Kier molecular flexibility index (Phi) is 2.96. The van der Waals surface area contributed by atoms with Gasteiger partial charge in [-0.25, -0.2) is 4.98 Å². The average molecular weight is 213 g/mol. The normalized spacial score (nSPS) is 9.81. The maximum Gasteiger partial charge on any atom is 0.222 e. The minimum absolute atomic E-state index is 0.372. The zero-order valence-electron chi connectivity index (χ0n) is 8.88. The molecule has 2 rings (SSSR count). The zero-order valence-corrected chi connectivity index (χ0v) is 8.88. The Morgan fingerprint density at radius 1 is 1.12 bits per heavy atom. The van der Waals surface area contributed by atoms with Crippen LogP contribution in [-0.2, 0) is 0 Å². The summed E-state index contributed by atoms with van der Waals surface area (Å²) in [7, 11) is 0. The molecule has 0 spiro atoms. The van der Waals surface area contributed by atoms with E-state index in [1.807, 2.05) is 43.3 Å². The van der Waals surface area contributed by atoms with Crippen LogP contribution in [0.4, 0.5) is 0 Å². The Morgan fingerprint density at radius 3 is 2.56 bits per heavy atom. The Balaban J connectivity index is 2.30. The molecule has 0 unspecified atom stereocenters. The molecule has 16 heavy (non-hydrogen) atoms. The molecule has 0 amide bonds. The first-order chi connectivity index (χ1) is 7.79. The van der Waals surface area contributed by atoms with Gasteiger partial charge < -0.3 is 4.74 Å². The molecule has 1 heterocycles. The third kappa shape index (κ3) is 2.25. The number of aldehydes is 1. The van der Waals surface area contributed by atoms with Crippen molar-refractivity contribution in [3.63, 3.8) is 0 Å². The molecule has 0 aliphatic carbocycles. The van der Waals surface area contributed by atoms with E-state index in [2.05, 4.69) is 4.98 Å². The predicted molar refractivity (Wildman–Crippen MR) is 60.9 cm³/mol. The van der Waals surface area contributed by atoms with Crippen molar-refractivity contribution in [1.82, 2.24) is 4.98 Å². The molecule has 2 aromatic rings. The fraction of sp³-hybridized carbons (Fsp3) is 0.0769. The average Bonchev–Trinajstić information content (AvgIpc) is 2.33. The van der Waals surface area contributed by atoms with E-state index < -0.39 is 0 Å². The number of benzene rings is 1. The molecule has 80 valence electrons. The van der Waals surface area contributed by atoms with Crippen molar-refractivity contribution >= 4 is 6.29 Å². The first kappa shape index (κ1) is 10.4. The summed E-state index contributed by atoms with van der Waals surface area (Å²) in [4.78, 5) is 14.7. The number of carbonyl (C=O) groups excluding carboxylic acids is 1. The molecule has 0 bridgehead atoms. The van der Waals surface area contributed by atoms with Gasteiger partial charge >= 0.3 is 0 Å². The van der Waals surface area contributed by atoms with Crippen molar-refractivity contribution in [3.8, 4) is 11.6 Å². The van der Waals surface area contributed by atoms with Crippen molar-refractivity contribution in [2.45, 2.75) is 6.92 Å². The maximum absolute atomic E-state index is 10.6. The number of nitrogens with zero attached hydrogens (tertiary/aromatic N) is 1. The van der Waals surface area contributed by atoms with Crippen LogP contribution in [0.25, 0.3) is 0 Å². The minimum Gasteiger partial charge on any atom is -0.439 e. The van der Waals surface area contributed by atoms with Gasteiger partial charge in [0.15, 0.2) is 6.29 Å². The van der Waals surface area contributed by atoms with Gasteiger partial charge in [-0.15, -0.1) is 0 Å². The summed E-state index contributed by atoms with van der Waals surface area (Å²) in [6, 6.07) is 12.8. The highest BCUT2D eigenvalue weighted by atomic mass is 16.5. The van der Waals surface area contributed by atoms with Crippen LogP contribution in [0.15, 0.2) is 42.5 Å². The summed E-state index contributed by atoms with van der Waals surface area (Å²) < 4.78 is 5.58. The lowest BCUT2D eigenvalue weighted by molar-refractivity contribution is 0.111. The van der Waals surface area contributed by atoms with Crippen LogP contribution in [0.3, 0.4) is 0 Å². The summed E-state index contributed by atoms with van der Waals surface area (Å²) in [5.41, 5.74) is 1.27. The van der Waals surface area contributed by atoms with Crippen molar-refractivity contribution in [1.29, 1.82) is 0 Å². The smallest absolute Gasteiger partial charge is 0.222 e. The van der Waals surface area contributed by atoms with Crippen molar-refractivity contribution < 1.29 is 9.53 Å². The number of para-hydroxylation sites is 1. The van der Waals surface area contributed by atoms with Gasteiger partial charge in [-0.2, -0.15) is 0 Å². The van der Waals surface area contributed by atoms with E-state index >= 15 is 0 Å². The summed E-state index contributed by atoms with van der Waals surface area (Å²) >= 11 is 0. The summed E-state index contributed by atoms with van der Waals surface area (Å²) in [5.74, 6) is 1.18. The molecule has 0 atom stereocenters. The Labute approximate surface area is 93.7 Å². The van der Waals surface area contributed by atoms with Gasteiger partial charge in [0.2, 0.25) is 5.88 Å². The SMILES string of the molecule is Cc1ccc(C=O)nc1Oc1ccccc1. The van der Waals surface area contributed by atoms with E-state index in [0.29, 0.717) is 23.6 Å². The standard InChI is InChI=1S/C13H11NO2/c1-10-7-8-11(9-15)14-13(10)16-12-5-3-2-4-6-12/h2-9H,1H3. The molecule has 0 N–H and O–H groups in total. The Hall–Kier alpha value is -2.16. The quantitative estimate of drug-likeness (QED) is 0.736. The van der Waals surface area contributed by atoms with Crippen LogP contribution < -0.4 is 4.74 Å². The van der Waals surface area contributed by atoms with E-state index in [-0.39, 0.29) is 0 Å². The van der Waals surface area contributed by atoms with Gasteiger partial charge in [0.25, 0.3) is 0 Å². The van der Waals surface area contributed by atoms with Crippen LogP contribution in [0.5, 0.6) is 11.6 Å². The topological polar surface area (TPSA) is 39.2 Å². The van der Waals surface area contributed by atoms with Crippen LogP contribution in [0.2, 0.25) is 0 Å². The van der Waals surface area contributed by atoms with Gasteiger partial charge in [-0.3, -0.25) is 4.79 Å². The second-order valence-electron chi connectivity index (χ2n) is 3.39. The fourth-order valence-corrected chi connectivity index (χ4v) is 1.29. The minimum atomic E-state index is 0.372. The van der Waals surface area contributed by atoms with Crippen molar-refractivity contribution in [3.05, 3.63) is 53.7 Å². The van der Waals surface area contributed by atoms with Gasteiger partial charge in [-0.1, -0.05) is 24.3 Å². The van der Waals surface area contributed by atoms with E-state index in [9.17, 15) is 4.79 Å². The number of ether oxygens (including phenoxy) is 1. The van der Waals surface area contributed by atoms with Gasteiger partial charge in [0.1, 0.15) is 11.4 Å². The fourth-order valence-electron chi connectivity index (χ4n) is 1.29. The molecule has 0 aliphatic heterocycles. The van der Waals surface area contributed by atoms with E-state index in [0.717, 1.165) is 5.56 Å². The van der Waals surface area contributed by atoms with E-state index in [1.54, 1.807) is 6.07 Å². The monoisotopic (exact) mass is 213 g/mol. The Morgan fingerprint density at radius 2 is 1.88 bits per heavy atom. The van der Waals surface area contributed by atoms with E-state index in [1.165, 1.54) is 0 Å². The lowest BCUT2D eigenvalue weighted by Crippen LogP contribution is -1.94. The first-order valence-corrected chi connectivity index (χ1v) is 4.95. The molecule has 0 radical (unpaired) electrons. The van der Waals surface area contributed by atoms with Gasteiger partial charge in [-0.05, 0) is 25.1 Å². The summed E-state index contributed by atoms with van der Waals surface area (Å²) in [6.07, 6.45) is 0.706. The maximum atomic E-state index is 10.6. The number of aromatic nitrogens is 1. The molecular formula is C13H11NO2. The molecular weight excluding hydrogens is 202 g/mol. The first-order valence-electron chi connectivity index (χ1n) is 4.95. The van der Waals surface area contributed by atoms with Gasteiger partial charge in [0, 0.05) is 5.56 Å². The number of aryl methyl sites for hydroxylation is 1. The summed E-state index contributed by atoms with van der Waals surface area (Å²) in [6.45, 7) is 1.89. The molecule has 3 nitrogen and oxygen atoms in total. The third-order valence-electron chi connectivity index (χ3n) is 2.15. The number of hydrogen-bond acceptors (Lipinski definition) is 3. The van der Waals surface area contributed by atoms with Crippen LogP contribution in [0, 0.1) is 6.92 Å². The molecule has 0 aliphatic rings. The Bertz CT molecular complexity index is 495. The van der Waals surface area contributed by atoms with Crippen LogP contribution in [0.1, 0.15) is 16.1 Å². The molecule has 1 aromatic carbocycles. The molecule has 1 aromatic heterocycles. The summed E-state index contributed by atoms with van der Waals surface area (Å²) in [5, 5.41) is 0. The number of pyridine rings is 1. The number of carbonyl (C=O) groups is 1. The molecule has 0 saturated heterocycles. The molecule has 3 heteroatoms. The lowest BCUT2D eigenvalue weighted by Gasteiger charge is -2.07. The predicted octanol–water partition coefficient (Wildman–Crippen LogP) is 2.99. The third-order valence-corrected chi connectivity index (χ3v) is 2.15. The number of rotatable bonds is 3. The molecule has 0 fully saturated rings. The number of hydrogen-bond donors (Lipinski definition) is 0. The highest BCUT2D eigenvalue weighted by Gasteiger charge is 2.04. The van der Waals surface area contributed by atoms with Crippen molar-refractivity contribution in [2.24, 2.45) is 0 Å². The van der Waals surface area contributed by atoms with Gasteiger partial charge in [0.05, 0.1) is 0 Å². The zero-order chi connectivity index (χ0) is 11.4. The molecule has 0 saturated carbocycles. The van der Waals surface area contributed by atoms with E-state index in [4.69, 9.17) is 4.74 Å². The highest BCUT2D eigenvalue weighted by molar-refractivity contribution is 5.72.